The topological polar surface area (TPSA) is 158 Å². The molecule has 58 heavy (non-hydrogen) atoms. The number of nitrogens with zero attached hydrogens (tertiary/aromatic N) is 6. The minimum atomic E-state index is -1.34. The van der Waals surface area contributed by atoms with E-state index in [0.717, 1.165) is 41.6 Å². The Labute approximate surface area is 337 Å². The van der Waals surface area contributed by atoms with E-state index in [4.69, 9.17) is 24.0 Å². The first-order chi connectivity index (χ1) is 27.5. The Morgan fingerprint density at radius 3 is 2.28 bits per heavy atom. The average Bonchev–Trinajstić information content (AvgIpc) is 3.54. The molecular formula is C42H55FN6O9. The Morgan fingerprint density at radius 2 is 1.66 bits per heavy atom. The predicted octanol–water partition coefficient (Wildman–Crippen LogP) is 6.58. The molecule has 2 aromatic carbocycles. The quantitative estimate of drug-likeness (QED) is 0.115. The van der Waals surface area contributed by atoms with Crippen LogP contribution >= 0.6 is 0 Å². The summed E-state index contributed by atoms with van der Waals surface area (Å²) in [6, 6.07) is 8.63. The van der Waals surface area contributed by atoms with Gasteiger partial charge in [-0.25, -0.2) is 18.7 Å². The van der Waals surface area contributed by atoms with Crippen molar-refractivity contribution < 1.29 is 42.8 Å². The number of hydrogen-bond acceptors (Lipinski definition) is 10. The van der Waals surface area contributed by atoms with E-state index in [1.165, 1.54) is 13.2 Å². The highest BCUT2D eigenvalue weighted by atomic mass is 19.1. The summed E-state index contributed by atoms with van der Waals surface area (Å²) in [5, 5.41) is 14.8. The highest BCUT2D eigenvalue weighted by Gasteiger charge is 2.38. The number of carboxylic acid groups (broad SMARTS) is 1. The molecule has 1 N–H and O–H groups in total. The molecule has 1 aliphatic rings. The van der Waals surface area contributed by atoms with Crippen LogP contribution in [0.4, 0.5) is 15.0 Å². The lowest BCUT2D eigenvalue weighted by molar-refractivity contribution is 0.0228. The van der Waals surface area contributed by atoms with E-state index in [2.05, 4.69) is 0 Å². The molecule has 1 atom stereocenters. The summed E-state index contributed by atoms with van der Waals surface area (Å²) >= 11 is 0. The van der Waals surface area contributed by atoms with Gasteiger partial charge in [-0.05, 0) is 77.3 Å². The fourth-order valence-electron chi connectivity index (χ4n) is 7.34. The van der Waals surface area contributed by atoms with Crippen molar-refractivity contribution in [1.29, 1.82) is 0 Å². The Bertz CT molecular complexity index is 2210. The monoisotopic (exact) mass is 806 g/mol. The lowest BCUT2D eigenvalue weighted by Crippen LogP contribution is -2.42. The van der Waals surface area contributed by atoms with Crippen molar-refractivity contribution in [3.8, 4) is 17.2 Å². The highest BCUT2D eigenvalue weighted by molar-refractivity contribution is 6.07. The molecule has 15 nitrogen and oxygen atoms in total. The number of halogens is 1. The van der Waals surface area contributed by atoms with Gasteiger partial charge in [-0.2, -0.15) is 0 Å². The number of aromatic carboxylic acids is 1. The fourth-order valence-corrected chi connectivity index (χ4v) is 7.34. The van der Waals surface area contributed by atoms with Crippen LogP contribution in [0.25, 0.3) is 10.9 Å². The van der Waals surface area contributed by atoms with Crippen molar-refractivity contribution in [2.24, 2.45) is 0 Å². The van der Waals surface area contributed by atoms with Crippen LogP contribution in [0.3, 0.4) is 0 Å². The molecule has 2 amide bonds. The molecule has 2 aromatic heterocycles. The molecule has 0 fully saturated rings. The molecule has 1 aliphatic heterocycles. The second kappa shape index (κ2) is 18.2. The van der Waals surface area contributed by atoms with Crippen LogP contribution in [0, 0.1) is 5.82 Å². The molecule has 0 aliphatic carbocycles. The summed E-state index contributed by atoms with van der Waals surface area (Å²) in [6.07, 6.45) is 2.60. The van der Waals surface area contributed by atoms with Gasteiger partial charge in [0.2, 0.25) is 0 Å². The first-order valence-electron chi connectivity index (χ1n) is 19.5. The van der Waals surface area contributed by atoms with E-state index in [1.54, 1.807) is 30.1 Å². The van der Waals surface area contributed by atoms with Gasteiger partial charge in [0.1, 0.15) is 33.8 Å². The molecule has 0 saturated carbocycles. The number of carbonyl (C=O) groups is 3. The van der Waals surface area contributed by atoms with Gasteiger partial charge in [-0.3, -0.25) is 9.59 Å². The van der Waals surface area contributed by atoms with Crippen molar-refractivity contribution in [2.45, 2.75) is 85.0 Å². The maximum absolute atomic E-state index is 14.3. The number of likely N-dealkylation sites (N-methyl/N-ethyl adjacent to an activating group) is 1. The van der Waals surface area contributed by atoms with Crippen molar-refractivity contribution >= 4 is 34.7 Å². The molecule has 0 saturated heterocycles. The Balaban J connectivity index is 1.40. The third-order valence-corrected chi connectivity index (χ3v) is 10.2. The number of rotatable bonds is 17. The smallest absolute Gasteiger partial charge is 0.410 e. The van der Waals surface area contributed by atoms with Gasteiger partial charge in [-0.15, -0.1) is 5.10 Å². The summed E-state index contributed by atoms with van der Waals surface area (Å²) < 4.78 is 39.5. The SMILES string of the molecule is CCN1CC(C)n2c(c(OC)c3c(=O)n(Cc4ccc(F)cc4C(=O)O)nc(N(C)CCCCCCN(Cc4ccc(OC)cc4OC)C(=O)OC(C)(C)C)c32)C1=O. The van der Waals surface area contributed by atoms with Crippen LogP contribution in [0.1, 0.15) is 98.3 Å². The molecule has 0 bridgehead atoms. The molecule has 1 unspecified atom stereocenters. The Hall–Kier alpha value is -5.80. The van der Waals surface area contributed by atoms with E-state index in [9.17, 15) is 28.7 Å². The maximum atomic E-state index is 14.3. The van der Waals surface area contributed by atoms with Crippen molar-refractivity contribution in [3.63, 3.8) is 0 Å². The summed E-state index contributed by atoms with van der Waals surface area (Å²) in [4.78, 5) is 58.8. The largest absolute Gasteiger partial charge is 0.497 e. The molecule has 0 spiro atoms. The zero-order valence-corrected chi connectivity index (χ0v) is 34.9. The average molecular weight is 807 g/mol. The molecular weight excluding hydrogens is 751 g/mol. The minimum absolute atomic E-state index is 0.125. The molecule has 4 aromatic rings. The molecule has 314 valence electrons. The second-order valence-electron chi connectivity index (χ2n) is 15.5. The second-order valence-corrected chi connectivity index (χ2v) is 15.5. The van der Waals surface area contributed by atoms with Crippen LogP contribution in [-0.4, -0.2) is 107 Å². The van der Waals surface area contributed by atoms with Crippen LogP contribution in [0.15, 0.2) is 41.2 Å². The number of aromatic nitrogens is 3. The number of ether oxygens (including phenoxy) is 4. The van der Waals surface area contributed by atoms with E-state index in [1.807, 2.05) is 63.3 Å². The first-order valence-corrected chi connectivity index (χ1v) is 19.5. The highest BCUT2D eigenvalue weighted by Crippen LogP contribution is 2.40. The van der Waals surface area contributed by atoms with E-state index < -0.39 is 29.0 Å². The summed E-state index contributed by atoms with van der Waals surface area (Å²) in [5.41, 5.74) is 0.168. The third kappa shape index (κ3) is 9.32. The van der Waals surface area contributed by atoms with E-state index in [-0.39, 0.29) is 53.0 Å². The number of hydrogen-bond donors (Lipinski definition) is 1. The van der Waals surface area contributed by atoms with Crippen molar-refractivity contribution in [3.05, 3.63) is 75.0 Å². The number of methoxy groups -OCH3 is 3. The van der Waals surface area contributed by atoms with Gasteiger partial charge in [-0.1, -0.05) is 18.9 Å². The summed E-state index contributed by atoms with van der Waals surface area (Å²) in [5.74, 6) is -0.549. The number of unbranched alkanes of at least 4 members (excludes halogenated alkanes) is 3. The van der Waals surface area contributed by atoms with Crippen molar-refractivity contribution in [1.82, 2.24) is 24.1 Å². The van der Waals surface area contributed by atoms with E-state index in [0.29, 0.717) is 55.4 Å². The van der Waals surface area contributed by atoms with Gasteiger partial charge in [0.05, 0.1) is 40.0 Å². The number of benzene rings is 2. The lowest BCUT2D eigenvalue weighted by Gasteiger charge is -2.33. The Morgan fingerprint density at radius 1 is 0.966 bits per heavy atom. The van der Waals surface area contributed by atoms with Crippen molar-refractivity contribution in [2.75, 3.05) is 59.5 Å². The van der Waals surface area contributed by atoms with E-state index >= 15 is 0 Å². The first kappa shape index (κ1) is 43.3. The molecule has 16 heteroatoms. The summed E-state index contributed by atoms with van der Waals surface area (Å²) in [7, 11) is 6.41. The van der Waals surface area contributed by atoms with Gasteiger partial charge in [0, 0.05) is 50.9 Å². The Kier molecular flexibility index (Phi) is 13.6. The number of carboxylic acids is 1. The van der Waals surface area contributed by atoms with Crippen LogP contribution < -0.4 is 24.7 Å². The van der Waals surface area contributed by atoms with Crippen LogP contribution in [0.5, 0.6) is 17.2 Å². The van der Waals surface area contributed by atoms with Gasteiger partial charge < -0.3 is 43.3 Å². The minimum Gasteiger partial charge on any atom is -0.497 e. The predicted molar refractivity (Wildman–Crippen MR) is 217 cm³/mol. The zero-order valence-electron chi connectivity index (χ0n) is 34.9. The number of fused-ring (bicyclic) bond motifs is 3. The fraction of sp³-hybridized carbons (Fsp3) is 0.500. The van der Waals surface area contributed by atoms with Gasteiger partial charge in [0.25, 0.3) is 11.5 Å². The lowest BCUT2D eigenvalue weighted by atomic mass is 10.1. The molecule has 3 heterocycles. The molecule has 0 radical (unpaired) electrons. The zero-order chi connectivity index (χ0) is 42.5. The van der Waals surface area contributed by atoms with Gasteiger partial charge >= 0.3 is 12.1 Å². The standard InChI is InChI=1S/C42H55FN6O9/c1-10-46-23-26(2)49-34-33(36(57-9)35(49)39(46)51)38(50)48(25-27-15-17-29(43)21-31(27)40(52)53)44-37(34)45(6)19-13-11-12-14-20-47(41(54)58-42(3,4)5)24-28-16-18-30(55-7)22-32(28)56-8/h15-18,21-22,26H,10-14,19-20,23-25H2,1-9H3,(H,52,53). The normalized spacial score (nSPS) is 14.0. The third-order valence-electron chi connectivity index (χ3n) is 10.2. The molecule has 5 rings (SSSR count). The van der Waals surface area contributed by atoms with Crippen LogP contribution in [0.2, 0.25) is 0 Å². The number of anilines is 1. The number of amides is 2. The number of carbonyl (C=O) groups excluding carboxylic acids is 2. The van der Waals surface area contributed by atoms with Crippen LogP contribution in [-0.2, 0) is 17.8 Å². The maximum Gasteiger partial charge on any atom is 0.410 e. The van der Waals surface area contributed by atoms with Gasteiger partial charge in [0.15, 0.2) is 17.3 Å². The summed E-state index contributed by atoms with van der Waals surface area (Å²) in [6.45, 7) is 11.2.